The number of urea groups is 1. The topological polar surface area (TPSA) is 75.3 Å². The number of rotatable bonds is 2. The van der Waals surface area contributed by atoms with E-state index in [9.17, 15) is 14.4 Å². The summed E-state index contributed by atoms with van der Waals surface area (Å²) in [6.07, 6.45) is 1.70. The summed E-state index contributed by atoms with van der Waals surface area (Å²) in [5.74, 6) is -1.95. The first kappa shape index (κ1) is 12.3. The van der Waals surface area contributed by atoms with Gasteiger partial charge in [-0.15, -0.1) is 6.58 Å². The van der Waals surface area contributed by atoms with E-state index < -0.39 is 23.8 Å². The molecule has 66 valence electrons. The molecule has 0 aromatic heterocycles. The maximum Gasteiger partial charge on any atom is 1.00 e. The van der Waals surface area contributed by atoms with Gasteiger partial charge in [0.05, 0.1) is 0 Å². The van der Waals surface area contributed by atoms with Gasteiger partial charge >= 0.3 is 35.6 Å². The van der Waals surface area contributed by atoms with Crippen LogP contribution in [0.2, 0.25) is 0 Å². The number of barbiturate groups is 1. The van der Waals surface area contributed by atoms with Gasteiger partial charge < -0.3 is 1.43 Å². The Balaban J connectivity index is 0. The molecule has 1 aliphatic heterocycles. The molecule has 0 radical (unpaired) electrons. The van der Waals surface area contributed by atoms with Crippen molar-refractivity contribution >= 4 is 17.8 Å². The first-order valence-electron chi connectivity index (χ1n) is 3.41. The number of allylic oxidation sites excluding steroid dienone is 1. The van der Waals surface area contributed by atoms with Gasteiger partial charge in [-0.05, 0) is 6.42 Å². The molecule has 4 amide bonds. The van der Waals surface area contributed by atoms with E-state index in [1.54, 1.807) is 0 Å². The van der Waals surface area contributed by atoms with Crippen LogP contribution in [0, 0.1) is 5.92 Å². The Morgan fingerprint density at radius 1 is 1.31 bits per heavy atom. The molecule has 13 heavy (non-hydrogen) atoms. The van der Waals surface area contributed by atoms with Crippen molar-refractivity contribution in [1.29, 1.82) is 0 Å². The predicted molar refractivity (Wildman–Crippen MR) is 41.1 cm³/mol. The van der Waals surface area contributed by atoms with E-state index >= 15 is 0 Å². The number of carbonyl (C=O) groups excluding carboxylic acids is 3. The van der Waals surface area contributed by atoms with Gasteiger partial charge in [0.2, 0.25) is 11.8 Å². The Labute approximate surface area is 98.7 Å². The van der Waals surface area contributed by atoms with Crippen molar-refractivity contribution < 1.29 is 45.4 Å². The third-order valence-corrected chi connectivity index (χ3v) is 1.51. The molecule has 0 aliphatic carbocycles. The quantitative estimate of drug-likeness (QED) is 0.273. The Kier molecular flexibility index (Phi) is 4.90. The number of imide groups is 2. The third-order valence-electron chi connectivity index (χ3n) is 1.51. The predicted octanol–water partition coefficient (Wildman–Crippen LogP) is -3.34. The molecule has 1 saturated heterocycles. The van der Waals surface area contributed by atoms with Crippen molar-refractivity contribution in [3.63, 3.8) is 0 Å². The van der Waals surface area contributed by atoms with E-state index in [0.717, 1.165) is 0 Å². The molecule has 0 bridgehead atoms. The van der Waals surface area contributed by atoms with E-state index in [1.165, 1.54) is 6.08 Å². The zero-order valence-corrected chi connectivity index (χ0v) is 9.29. The summed E-state index contributed by atoms with van der Waals surface area (Å²) in [5.41, 5.74) is 0. The van der Waals surface area contributed by atoms with E-state index in [-0.39, 0.29) is 37.4 Å². The molecular formula is C7H9N2NaO3. The minimum Gasteiger partial charge on any atom is -1.00 e. The Bertz CT molecular complexity index is 250. The molecular weight excluding hydrogens is 183 g/mol. The number of carbonyl (C=O) groups is 3. The van der Waals surface area contributed by atoms with Gasteiger partial charge in [0.1, 0.15) is 5.92 Å². The fourth-order valence-corrected chi connectivity index (χ4v) is 0.929. The minimum absolute atomic E-state index is 0. The van der Waals surface area contributed by atoms with E-state index in [0.29, 0.717) is 0 Å². The van der Waals surface area contributed by atoms with E-state index in [4.69, 9.17) is 0 Å². The maximum absolute atomic E-state index is 11.0. The zero-order chi connectivity index (χ0) is 9.14. The molecule has 6 heteroatoms. The molecule has 1 rings (SSSR count). The standard InChI is InChI=1S/C7H8N2O3.Na.H/c1-2-3-4-5(10)8-7(12)9-6(4)11;;/h2,4H,1,3H2,(H2,8,9,10,11,12);;/q;+1;-1. The van der Waals surface area contributed by atoms with Gasteiger partial charge in [0.15, 0.2) is 0 Å². The van der Waals surface area contributed by atoms with Crippen molar-refractivity contribution in [2.75, 3.05) is 0 Å². The second kappa shape index (κ2) is 5.16. The van der Waals surface area contributed by atoms with Crippen LogP contribution in [-0.2, 0) is 9.59 Å². The minimum atomic E-state index is -0.819. The smallest absolute Gasteiger partial charge is 1.00 e. The molecule has 1 fully saturated rings. The first-order valence-corrected chi connectivity index (χ1v) is 3.41. The monoisotopic (exact) mass is 192 g/mol. The normalized spacial score (nSPS) is 17.1. The van der Waals surface area contributed by atoms with Crippen LogP contribution in [-0.4, -0.2) is 17.8 Å². The fraction of sp³-hybridized carbons (Fsp3) is 0.286. The average molecular weight is 192 g/mol. The number of hydrogen-bond acceptors (Lipinski definition) is 3. The molecule has 0 unspecified atom stereocenters. The summed E-state index contributed by atoms with van der Waals surface area (Å²) in [4.78, 5) is 32.5. The number of hydrogen-bond donors (Lipinski definition) is 2. The van der Waals surface area contributed by atoms with Crippen LogP contribution in [0.5, 0.6) is 0 Å². The van der Waals surface area contributed by atoms with Crippen LogP contribution >= 0.6 is 0 Å². The SMILES string of the molecule is C=CCC1C(=O)NC(=O)NC1=O.[H-].[Na+]. The molecule has 0 aromatic rings. The van der Waals surface area contributed by atoms with Crippen molar-refractivity contribution in [2.24, 2.45) is 5.92 Å². The molecule has 0 spiro atoms. The van der Waals surface area contributed by atoms with E-state index in [2.05, 4.69) is 6.58 Å². The molecule has 5 nitrogen and oxygen atoms in total. The number of nitrogens with one attached hydrogen (secondary N) is 2. The summed E-state index contributed by atoms with van der Waals surface area (Å²) in [6, 6.07) is -0.759. The first-order chi connectivity index (χ1) is 5.65. The average Bonchev–Trinajstić information content (AvgIpc) is 1.96. The fourth-order valence-electron chi connectivity index (χ4n) is 0.929. The van der Waals surface area contributed by atoms with Crippen LogP contribution in [0.4, 0.5) is 4.79 Å². The van der Waals surface area contributed by atoms with Crippen molar-refractivity contribution in [2.45, 2.75) is 6.42 Å². The van der Waals surface area contributed by atoms with Crippen LogP contribution in [0.1, 0.15) is 7.85 Å². The Morgan fingerprint density at radius 2 is 1.77 bits per heavy atom. The van der Waals surface area contributed by atoms with Crippen molar-refractivity contribution in [3.8, 4) is 0 Å². The Morgan fingerprint density at radius 3 is 2.15 bits per heavy atom. The second-order valence-electron chi connectivity index (χ2n) is 2.38. The van der Waals surface area contributed by atoms with Crippen LogP contribution in [0.25, 0.3) is 0 Å². The summed E-state index contributed by atoms with van der Waals surface area (Å²) in [7, 11) is 0. The summed E-state index contributed by atoms with van der Waals surface area (Å²) < 4.78 is 0. The third kappa shape index (κ3) is 2.95. The molecule has 0 aromatic carbocycles. The van der Waals surface area contributed by atoms with Gasteiger partial charge in [-0.1, -0.05) is 6.08 Å². The molecule has 2 N–H and O–H groups in total. The Hall–Kier alpha value is -0.650. The number of amides is 4. The van der Waals surface area contributed by atoms with E-state index in [1.807, 2.05) is 10.6 Å². The summed E-state index contributed by atoms with van der Waals surface area (Å²) >= 11 is 0. The largest absolute Gasteiger partial charge is 1.00 e. The summed E-state index contributed by atoms with van der Waals surface area (Å²) in [5, 5.41) is 3.97. The molecule has 0 saturated carbocycles. The van der Waals surface area contributed by atoms with Gasteiger partial charge in [0, 0.05) is 0 Å². The van der Waals surface area contributed by atoms with Gasteiger partial charge in [0.25, 0.3) is 0 Å². The van der Waals surface area contributed by atoms with Crippen LogP contribution < -0.4 is 40.2 Å². The van der Waals surface area contributed by atoms with Crippen molar-refractivity contribution in [1.82, 2.24) is 10.6 Å². The van der Waals surface area contributed by atoms with Gasteiger partial charge in [-0.2, -0.15) is 0 Å². The van der Waals surface area contributed by atoms with Crippen LogP contribution in [0.15, 0.2) is 12.7 Å². The molecule has 0 atom stereocenters. The van der Waals surface area contributed by atoms with Gasteiger partial charge in [-0.25, -0.2) is 4.79 Å². The molecule has 1 aliphatic rings. The zero-order valence-electron chi connectivity index (χ0n) is 8.29. The van der Waals surface area contributed by atoms with Crippen molar-refractivity contribution in [3.05, 3.63) is 12.7 Å². The molecule has 1 heterocycles. The summed E-state index contributed by atoms with van der Waals surface area (Å²) in [6.45, 7) is 3.40. The second-order valence-corrected chi connectivity index (χ2v) is 2.38. The maximum atomic E-state index is 11.0. The van der Waals surface area contributed by atoms with Crippen LogP contribution in [0.3, 0.4) is 0 Å². The van der Waals surface area contributed by atoms with Gasteiger partial charge in [-0.3, -0.25) is 20.2 Å².